The smallest absolute Gasteiger partial charge is 0.416 e. The number of aliphatic hydroxyl groups excluding tert-OH is 1. The van der Waals surface area contributed by atoms with E-state index in [9.17, 15) is 18.3 Å². The van der Waals surface area contributed by atoms with Crippen LogP contribution in [-0.2, 0) is 12.8 Å². The second-order valence-electron chi connectivity index (χ2n) is 4.89. The Hall–Kier alpha value is -2.47. The van der Waals surface area contributed by atoms with Gasteiger partial charge in [-0.3, -0.25) is 0 Å². The lowest BCUT2D eigenvalue weighted by atomic mass is 10.1. The molecule has 0 heterocycles. The maximum absolute atomic E-state index is 12.5. The Morgan fingerprint density at radius 2 is 1.65 bits per heavy atom. The third kappa shape index (κ3) is 5.03. The van der Waals surface area contributed by atoms with Crippen LogP contribution in [0.4, 0.5) is 13.2 Å². The minimum Gasteiger partial charge on any atom is -0.511 e. The van der Waals surface area contributed by atoms with Crippen molar-refractivity contribution < 1.29 is 23.0 Å². The van der Waals surface area contributed by atoms with E-state index >= 15 is 0 Å². The predicted molar refractivity (Wildman–Crippen MR) is 81.9 cm³/mol. The first-order valence-corrected chi connectivity index (χ1v) is 6.87. The van der Waals surface area contributed by atoms with E-state index < -0.39 is 11.7 Å². The van der Waals surface area contributed by atoms with E-state index in [0.717, 1.165) is 17.7 Å². The van der Waals surface area contributed by atoms with Gasteiger partial charge in [0.1, 0.15) is 18.1 Å². The molecule has 3 nitrogen and oxygen atoms in total. The van der Waals surface area contributed by atoms with E-state index in [2.05, 4.69) is 0 Å². The third-order valence-electron chi connectivity index (χ3n) is 3.11. The minimum absolute atomic E-state index is 0.0617. The van der Waals surface area contributed by atoms with Crippen molar-refractivity contribution in [2.45, 2.75) is 12.8 Å². The van der Waals surface area contributed by atoms with Gasteiger partial charge in [-0.1, -0.05) is 24.3 Å². The fourth-order valence-electron chi connectivity index (χ4n) is 1.87. The average Bonchev–Trinajstić information content (AvgIpc) is 2.53. The topological polar surface area (TPSA) is 55.5 Å². The molecule has 122 valence electrons. The summed E-state index contributed by atoms with van der Waals surface area (Å²) in [5.74, 6) is 0.651. The van der Waals surface area contributed by atoms with Gasteiger partial charge in [0.25, 0.3) is 0 Å². The van der Waals surface area contributed by atoms with Gasteiger partial charge >= 0.3 is 6.18 Å². The molecule has 0 aromatic heterocycles. The van der Waals surface area contributed by atoms with Gasteiger partial charge in [-0.05, 0) is 41.5 Å². The van der Waals surface area contributed by atoms with Crippen molar-refractivity contribution >= 4 is 6.08 Å². The molecule has 2 aromatic rings. The first kappa shape index (κ1) is 16.9. The summed E-state index contributed by atoms with van der Waals surface area (Å²) in [6.45, 7) is 0.230. The van der Waals surface area contributed by atoms with Crippen LogP contribution in [0.2, 0.25) is 0 Å². The molecule has 0 saturated heterocycles. The second-order valence-corrected chi connectivity index (χ2v) is 4.89. The van der Waals surface area contributed by atoms with Crippen LogP contribution >= 0.6 is 0 Å². The zero-order chi connectivity index (χ0) is 16.9. The van der Waals surface area contributed by atoms with Crippen LogP contribution in [0.1, 0.15) is 16.7 Å². The SMILES string of the molecule is NCC(O)=Cc1ccc(OCc2ccc(C(F)(F)F)cc2)cc1. The van der Waals surface area contributed by atoms with Crippen LogP contribution in [0.3, 0.4) is 0 Å². The van der Waals surface area contributed by atoms with Gasteiger partial charge in [0.15, 0.2) is 0 Å². The first-order chi connectivity index (χ1) is 10.9. The second kappa shape index (κ2) is 7.19. The molecule has 0 atom stereocenters. The van der Waals surface area contributed by atoms with Crippen molar-refractivity contribution in [1.82, 2.24) is 0 Å². The zero-order valence-electron chi connectivity index (χ0n) is 12.2. The predicted octanol–water partition coefficient (Wildman–Crippen LogP) is 4.14. The van der Waals surface area contributed by atoms with Gasteiger partial charge < -0.3 is 15.6 Å². The lowest BCUT2D eigenvalue weighted by molar-refractivity contribution is -0.137. The van der Waals surface area contributed by atoms with E-state index in [1.54, 1.807) is 30.3 Å². The number of alkyl halides is 3. The standard InChI is InChI=1S/C17H16F3NO2/c18-17(19,20)14-5-1-13(2-6-14)11-23-16-7-3-12(4-8-16)9-15(22)10-21/h1-9,22H,10-11,21H2. The summed E-state index contributed by atoms with van der Waals surface area (Å²) in [5.41, 5.74) is 6.02. The van der Waals surface area contributed by atoms with Crippen molar-refractivity contribution in [2.75, 3.05) is 6.54 Å². The Morgan fingerprint density at radius 1 is 1.04 bits per heavy atom. The van der Waals surface area contributed by atoms with Crippen LogP contribution in [0.25, 0.3) is 6.08 Å². The number of hydrogen-bond acceptors (Lipinski definition) is 3. The lowest BCUT2D eigenvalue weighted by Crippen LogP contribution is -2.05. The van der Waals surface area contributed by atoms with Gasteiger partial charge in [-0.25, -0.2) is 0 Å². The summed E-state index contributed by atoms with van der Waals surface area (Å²) in [6.07, 6.45) is -2.79. The van der Waals surface area contributed by atoms with Crippen molar-refractivity contribution in [2.24, 2.45) is 5.73 Å². The molecule has 0 aliphatic heterocycles. The quantitative estimate of drug-likeness (QED) is 0.813. The van der Waals surface area contributed by atoms with E-state index in [4.69, 9.17) is 10.5 Å². The number of benzene rings is 2. The number of aliphatic hydroxyl groups is 1. The molecule has 2 rings (SSSR count). The van der Waals surface area contributed by atoms with Crippen molar-refractivity contribution in [3.8, 4) is 5.75 Å². The van der Waals surface area contributed by atoms with Crippen LogP contribution in [0.15, 0.2) is 54.3 Å². The largest absolute Gasteiger partial charge is 0.511 e. The highest BCUT2D eigenvalue weighted by Crippen LogP contribution is 2.29. The normalized spacial score (nSPS) is 12.3. The minimum atomic E-state index is -4.34. The van der Waals surface area contributed by atoms with E-state index in [1.807, 2.05) is 0 Å². The third-order valence-corrected chi connectivity index (χ3v) is 3.11. The van der Waals surface area contributed by atoms with Crippen LogP contribution in [-0.4, -0.2) is 11.7 Å². The highest BCUT2D eigenvalue weighted by Gasteiger charge is 2.29. The van der Waals surface area contributed by atoms with E-state index in [-0.39, 0.29) is 18.9 Å². The summed E-state index contributed by atoms with van der Waals surface area (Å²) in [4.78, 5) is 0. The number of rotatable bonds is 5. The maximum Gasteiger partial charge on any atom is 0.416 e. The molecule has 0 fully saturated rings. The Bertz CT molecular complexity index is 662. The summed E-state index contributed by atoms with van der Waals surface area (Å²) < 4.78 is 42.9. The van der Waals surface area contributed by atoms with Crippen molar-refractivity contribution in [1.29, 1.82) is 0 Å². The molecule has 0 saturated carbocycles. The molecule has 0 aliphatic rings. The van der Waals surface area contributed by atoms with Gasteiger partial charge in [0, 0.05) is 0 Å². The number of halogens is 3. The summed E-state index contributed by atoms with van der Waals surface area (Å²) in [6, 6.07) is 11.7. The van der Waals surface area contributed by atoms with Crippen LogP contribution < -0.4 is 10.5 Å². The number of ether oxygens (including phenoxy) is 1. The Kier molecular flexibility index (Phi) is 5.28. The Balaban J connectivity index is 1.96. The van der Waals surface area contributed by atoms with E-state index in [0.29, 0.717) is 11.3 Å². The van der Waals surface area contributed by atoms with Crippen molar-refractivity contribution in [3.63, 3.8) is 0 Å². The summed E-state index contributed by atoms with van der Waals surface area (Å²) in [7, 11) is 0. The average molecular weight is 323 g/mol. The molecular weight excluding hydrogens is 307 g/mol. The fourth-order valence-corrected chi connectivity index (χ4v) is 1.87. The van der Waals surface area contributed by atoms with Gasteiger partial charge in [0.05, 0.1) is 12.1 Å². The van der Waals surface area contributed by atoms with Crippen molar-refractivity contribution in [3.05, 3.63) is 71.0 Å². The van der Waals surface area contributed by atoms with Crippen LogP contribution in [0.5, 0.6) is 5.75 Å². The molecule has 3 N–H and O–H groups in total. The molecule has 2 aromatic carbocycles. The fraction of sp³-hybridized carbons (Fsp3) is 0.176. The van der Waals surface area contributed by atoms with Gasteiger partial charge in [-0.2, -0.15) is 13.2 Å². The Morgan fingerprint density at radius 3 is 2.17 bits per heavy atom. The van der Waals surface area contributed by atoms with E-state index in [1.165, 1.54) is 12.1 Å². The van der Waals surface area contributed by atoms with Gasteiger partial charge in [-0.15, -0.1) is 0 Å². The zero-order valence-corrected chi connectivity index (χ0v) is 12.2. The lowest BCUT2D eigenvalue weighted by Gasteiger charge is -2.09. The number of nitrogens with two attached hydrogens (primary N) is 1. The molecule has 0 spiro atoms. The molecule has 0 aliphatic carbocycles. The number of hydrogen-bond donors (Lipinski definition) is 2. The molecule has 0 amide bonds. The molecule has 0 unspecified atom stereocenters. The molecule has 23 heavy (non-hydrogen) atoms. The van der Waals surface area contributed by atoms with Crippen LogP contribution in [0, 0.1) is 0 Å². The monoisotopic (exact) mass is 323 g/mol. The molecule has 0 radical (unpaired) electrons. The molecule has 0 bridgehead atoms. The maximum atomic E-state index is 12.5. The first-order valence-electron chi connectivity index (χ1n) is 6.87. The molecule has 6 heteroatoms. The highest BCUT2D eigenvalue weighted by atomic mass is 19.4. The van der Waals surface area contributed by atoms with Gasteiger partial charge in [0.2, 0.25) is 0 Å². The summed E-state index contributed by atoms with van der Waals surface area (Å²) >= 11 is 0. The molecular formula is C17H16F3NO2. The summed E-state index contributed by atoms with van der Waals surface area (Å²) in [5, 5.41) is 9.34. The highest BCUT2D eigenvalue weighted by molar-refractivity contribution is 5.52. The Labute approximate surface area is 131 Å².